The number of allylic oxidation sites excluding steroid dienone is 2. The first-order chi connectivity index (χ1) is 7.49. The third-order valence-electron chi connectivity index (χ3n) is 2.76. The lowest BCUT2D eigenvalue weighted by molar-refractivity contribution is -0.135. The monoisotopic (exact) mass is 224 g/mol. The third-order valence-corrected chi connectivity index (χ3v) is 2.76. The van der Waals surface area contributed by atoms with E-state index in [4.69, 9.17) is 10.2 Å². The molecule has 0 amide bonds. The first-order valence-corrected chi connectivity index (χ1v) is 5.31. The smallest absolute Gasteiger partial charge is 0.331 e. The van der Waals surface area contributed by atoms with Gasteiger partial charge < -0.3 is 10.2 Å². The van der Waals surface area contributed by atoms with Crippen molar-refractivity contribution in [3.63, 3.8) is 0 Å². The Hall–Kier alpha value is -1.58. The fourth-order valence-corrected chi connectivity index (χ4v) is 2.05. The van der Waals surface area contributed by atoms with Gasteiger partial charge in [-0.15, -0.1) is 0 Å². The zero-order valence-corrected chi connectivity index (χ0v) is 9.27. The molecule has 1 aliphatic carbocycles. The highest BCUT2D eigenvalue weighted by Crippen LogP contribution is 2.28. The molecule has 16 heavy (non-hydrogen) atoms. The first-order valence-electron chi connectivity index (χ1n) is 5.31. The van der Waals surface area contributed by atoms with Gasteiger partial charge in [0.1, 0.15) is 0 Å². The molecule has 0 aromatic heterocycles. The van der Waals surface area contributed by atoms with E-state index in [1.165, 1.54) is 5.57 Å². The summed E-state index contributed by atoms with van der Waals surface area (Å²) in [6.07, 6.45) is 6.04. The van der Waals surface area contributed by atoms with Crippen molar-refractivity contribution in [2.24, 2.45) is 5.92 Å². The van der Waals surface area contributed by atoms with Gasteiger partial charge in [-0.05, 0) is 38.5 Å². The highest BCUT2D eigenvalue weighted by Gasteiger charge is 2.19. The van der Waals surface area contributed by atoms with Gasteiger partial charge in [0.25, 0.3) is 0 Å². The van der Waals surface area contributed by atoms with Crippen molar-refractivity contribution in [1.82, 2.24) is 0 Å². The fraction of sp³-hybridized carbons (Fsp3) is 0.500. The van der Waals surface area contributed by atoms with Crippen molar-refractivity contribution in [3.8, 4) is 0 Å². The van der Waals surface area contributed by atoms with Gasteiger partial charge in [-0.2, -0.15) is 0 Å². The molecule has 2 N–H and O–H groups in total. The summed E-state index contributed by atoms with van der Waals surface area (Å²) in [6, 6.07) is 0. The standard InChI is InChI=1S/C12H16O4/c1-8-3-2-4-9(5-8)6-10(12(15)16)7-11(13)14/h3,7,9H,2,4-6H2,1H3,(H,13,14)(H,15,16). The molecule has 4 nitrogen and oxygen atoms in total. The molecule has 0 saturated heterocycles. The molecule has 1 aliphatic rings. The van der Waals surface area contributed by atoms with Crippen LogP contribution in [0.3, 0.4) is 0 Å². The lowest BCUT2D eigenvalue weighted by Gasteiger charge is -2.20. The Kier molecular flexibility index (Phi) is 4.28. The molecular weight excluding hydrogens is 208 g/mol. The number of rotatable bonds is 4. The molecule has 0 fully saturated rings. The van der Waals surface area contributed by atoms with Gasteiger partial charge in [-0.1, -0.05) is 11.6 Å². The summed E-state index contributed by atoms with van der Waals surface area (Å²) in [6.45, 7) is 2.02. The highest BCUT2D eigenvalue weighted by molar-refractivity contribution is 5.94. The second-order valence-electron chi connectivity index (χ2n) is 4.22. The van der Waals surface area contributed by atoms with Crippen LogP contribution < -0.4 is 0 Å². The molecule has 4 heteroatoms. The average molecular weight is 224 g/mol. The average Bonchev–Trinajstić information content (AvgIpc) is 2.15. The minimum atomic E-state index is -1.19. The van der Waals surface area contributed by atoms with Gasteiger partial charge in [-0.25, -0.2) is 9.59 Å². The zero-order valence-electron chi connectivity index (χ0n) is 9.27. The molecule has 0 radical (unpaired) electrons. The normalized spacial score (nSPS) is 21.4. The summed E-state index contributed by atoms with van der Waals surface area (Å²) in [4.78, 5) is 21.3. The molecule has 88 valence electrons. The summed E-state index contributed by atoms with van der Waals surface area (Å²) < 4.78 is 0. The Balaban J connectivity index is 2.66. The predicted octanol–water partition coefficient (Wildman–Crippen LogP) is 2.22. The predicted molar refractivity (Wildman–Crippen MR) is 59.1 cm³/mol. The summed E-state index contributed by atoms with van der Waals surface area (Å²) in [5, 5.41) is 17.4. The van der Waals surface area contributed by atoms with Crippen molar-refractivity contribution in [1.29, 1.82) is 0 Å². The van der Waals surface area contributed by atoms with Crippen LogP contribution in [0.4, 0.5) is 0 Å². The van der Waals surface area contributed by atoms with Gasteiger partial charge in [0.15, 0.2) is 0 Å². The number of aliphatic carboxylic acids is 2. The Bertz CT molecular complexity index is 352. The number of carboxylic acid groups (broad SMARTS) is 2. The van der Waals surface area contributed by atoms with Gasteiger partial charge in [0, 0.05) is 11.6 Å². The van der Waals surface area contributed by atoms with Crippen molar-refractivity contribution in [2.45, 2.75) is 32.6 Å². The van der Waals surface area contributed by atoms with Gasteiger partial charge in [0.2, 0.25) is 0 Å². The van der Waals surface area contributed by atoms with Crippen LogP contribution >= 0.6 is 0 Å². The zero-order chi connectivity index (χ0) is 12.1. The van der Waals surface area contributed by atoms with E-state index >= 15 is 0 Å². The minimum Gasteiger partial charge on any atom is -0.478 e. The van der Waals surface area contributed by atoms with E-state index in [0.29, 0.717) is 6.42 Å². The molecule has 0 aliphatic heterocycles. The van der Waals surface area contributed by atoms with E-state index in [9.17, 15) is 9.59 Å². The van der Waals surface area contributed by atoms with Crippen molar-refractivity contribution in [2.75, 3.05) is 0 Å². The Morgan fingerprint density at radius 3 is 2.69 bits per heavy atom. The van der Waals surface area contributed by atoms with Crippen molar-refractivity contribution in [3.05, 3.63) is 23.3 Å². The maximum atomic E-state index is 10.8. The summed E-state index contributed by atoms with van der Waals surface area (Å²) in [5.41, 5.74) is 1.25. The van der Waals surface area contributed by atoms with Crippen LogP contribution in [0.15, 0.2) is 23.3 Å². The molecule has 0 saturated carbocycles. The summed E-state index contributed by atoms with van der Waals surface area (Å²) in [7, 11) is 0. The van der Waals surface area contributed by atoms with Gasteiger partial charge in [0.05, 0.1) is 0 Å². The van der Waals surface area contributed by atoms with Crippen LogP contribution in [0.1, 0.15) is 32.6 Å². The number of carbonyl (C=O) groups is 2. The Labute approximate surface area is 94.3 Å². The van der Waals surface area contributed by atoms with Gasteiger partial charge in [-0.3, -0.25) is 0 Å². The second kappa shape index (κ2) is 5.49. The summed E-state index contributed by atoms with van der Waals surface area (Å²) >= 11 is 0. The number of carboxylic acids is 2. The van der Waals surface area contributed by atoms with Crippen LogP contribution in [-0.4, -0.2) is 22.2 Å². The van der Waals surface area contributed by atoms with Crippen LogP contribution in [0.25, 0.3) is 0 Å². The lowest BCUT2D eigenvalue weighted by Crippen LogP contribution is -2.12. The maximum absolute atomic E-state index is 10.8. The van der Waals surface area contributed by atoms with E-state index in [0.717, 1.165) is 25.3 Å². The third kappa shape index (κ3) is 3.88. The first kappa shape index (κ1) is 12.5. The lowest BCUT2D eigenvalue weighted by atomic mass is 9.85. The molecule has 0 heterocycles. The molecule has 0 bridgehead atoms. The topological polar surface area (TPSA) is 74.6 Å². The quantitative estimate of drug-likeness (QED) is 0.567. The number of hydrogen-bond acceptors (Lipinski definition) is 2. The fourth-order valence-electron chi connectivity index (χ4n) is 2.05. The molecular formula is C12H16O4. The molecule has 0 aromatic carbocycles. The minimum absolute atomic E-state index is 0.00722. The van der Waals surface area contributed by atoms with Crippen LogP contribution in [-0.2, 0) is 9.59 Å². The van der Waals surface area contributed by atoms with Crippen LogP contribution in [0.2, 0.25) is 0 Å². The van der Waals surface area contributed by atoms with Crippen LogP contribution in [0, 0.1) is 5.92 Å². The van der Waals surface area contributed by atoms with E-state index < -0.39 is 11.9 Å². The number of hydrogen-bond donors (Lipinski definition) is 2. The van der Waals surface area contributed by atoms with E-state index in [1.54, 1.807) is 0 Å². The van der Waals surface area contributed by atoms with Crippen molar-refractivity contribution < 1.29 is 19.8 Å². The molecule has 1 atom stereocenters. The van der Waals surface area contributed by atoms with Gasteiger partial charge >= 0.3 is 11.9 Å². The van der Waals surface area contributed by atoms with Crippen LogP contribution in [0.5, 0.6) is 0 Å². The van der Waals surface area contributed by atoms with E-state index in [1.807, 2.05) is 6.92 Å². The summed E-state index contributed by atoms with van der Waals surface area (Å²) in [5.74, 6) is -2.07. The Morgan fingerprint density at radius 2 is 2.19 bits per heavy atom. The van der Waals surface area contributed by atoms with Crippen molar-refractivity contribution >= 4 is 11.9 Å². The largest absolute Gasteiger partial charge is 0.478 e. The second-order valence-corrected chi connectivity index (χ2v) is 4.22. The molecule has 0 aromatic rings. The van der Waals surface area contributed by atoms with E-state index in [-0.39, 0.29) is 11.5 Å². The Morgan fingerprint density at radius 1 is 1.50 bits per heavy atom. The molecule has 1 unspecified atom stereocenters. The highest BCUT2D eigenvalue weighted by atomic mass is 16.4. The maximum Gasteiger partial charge on any atom is 0.331 e. The van der Waals surface area contributed by atoms with E-state index in [2.05, 4.69) is 6.08 Å². The molecule has 1 rings (SSSR count). The SMILES string of the molecule is CC1=CCCC(CC(=CC(=O)O)C(=O)O)C1. The molecule has 0 spiro atoms.